The number of hydrogen-bond donors (Lipinski definition) is 4. The molecular formula is C21H29ClN8O3. The molecule has 33 heavy (non-hydrogen) atoms. The summed E-state index contributed by atoms with van der Waals surface area (Å²) in [4.78, 5) is 49.2. The van der Waals surface area contributed by atoms with Crippen molar-refractivity contribution in [3.8, 4) is 0 Å². The average molecular weight is 477 g/mol. The van der Waals surface area contributed by atoms with Crippen molar-refractivity contribution >= 4 is 47.0 Å². The minimum atomic E-state index is -0.425. The Labute approximate surface area is 197 Å². The van der Waals surface area contributed by atoms with Gasteiger partial charge in [0.15, 0.2) is 11.2 Å². The summed E-state index contributed by atoms with van der Waals surface area (Å²) >= 11 is 0. The highest BCUT2D eigenvalue weighted by Crippen LogP contribution is 2.12. The number of aromatic nitrogens is 4. The molecule has 0 bridgehead atoms. The van der Waals surface area contributed by atoms with Gasteiger partial charge in [0.1, 0.15) is 0 Å². The molecule has 12 heteroatoms. The van der Waals surface area contributed by atoms with Gasteiger partial charge in [0.05, 0.1) is 12.5 Å². The Morgan fingerprint density at radius 2 is 1.88 bits per heavy atom. The van der Waals surface area contributed by atoms with E-state index in [1.54, 1.807) is 28.8 Å². The third-order valence-corrected chi connectivity index (χ3v) is 5.20. The Hall–Kier alpha value is -3.44. The molecular weight excluding hydrogens is 448 g/mol. The van der Waals surface area contributed by atoms with Crippen molar-refractivity contribution in [2.75, 3.05) is 24.1 Å². The largest absolute Gasteiger partial charge is 0.369 e. The number of nitrogens with two attached hydrogens (primary N) is 1. The van der Waals surface area contributed by atoms with Gasteiger partial charge in [0.2, 0.25) is 11.9 Å². The minimum Gasteiger partial charge on any atom is -0.369 e. The molecule has 178 valence electrons. The van der Waals surface area contributed by atoms with Crippen LogP contribution in [0.1, 0.15) is 37.6 Å². The molecule has 0 fully saturated rings. The van der Waals surface area contributed by atoms with Gasteiger partial charge in [0, 0.05) is 24.2 Å². The van der Waals surface area contributed by atoms with E-state index in [0.717, 1.165) is 13.1 Å². The van der Waals surface area contributed by atoms with Crippen LogP contribution in [-0.2, 0) is 11.3 Å². The van der Waals surface area contributed by atoms with E-state index in [0.29, 0.717) is 16.9 Å². The van der Waals surface area contributed by atoms with Crippen LogP contribution in [0.3, 0.4) is 0 Å². The number of hydrogen-bond acceptors (Lipinski definition) is 7. The highest BCUT2D eigenvalue weighted by molar-refractivity contribution is 5.96. The molecule has 0 aliphatic carbocycles. The maximum atomic E-state index is 12.4. The zero-order chi connectivity index (χ0) is 23.3. The number of H-pyrrole nitrogens is 1. The predicted octanol–water partition coefficient (Wildman–Crippen LogP) is 1.57. The van der Waals surface area contributed by atoms with Crippen LogP contribution in [0, 0.1) is 0 Å². The quantitative estimate of drug-likeness (QED) is 0.342. The lowest BCUT2D eigenvalue weighted by Gasteiger charge is -2.27. The molecule has 2 heterocycles. The summed E-state index contributed by atoms with van der Waals surface area (Å²) in [5.41, 5.74) is 6.75. The van der Waals surface area contributed by atoms with Crippen LogP contribution in [0.5, 0.6) is 0 Å². The average Bonchev–Trinajstić information content (AvgIpc) is 3.16. The van der Waals surface area contributed by atoms with E-state index in [-0.39, 0.29) is 54.8 Å². The van der Waals surface area contributed by atoms with Crippen molar-refractivity contribution in [2.45, 2.75) is 39.9 Å². The molecule has 5 N–H and O–H groups in total. The second-order valence-electron chi connectivity index (χ2n) is 7.31. The third kappa shape index (κ3) is 6.30. The molecule has 1 atom stereocenters. The zero-order valence-corrected chi connectivity index (χ0v) is 19.6. The molecule has 3 rings (SSSR count). The lowest BCUT2D eigenvalue weighted by molar-refractivity contribution is -0.116. The van der Waals surface area contributed by atoms with Gasteiger partial charge in [-0.2, -0.15) is 4.98 Å². The monoisotopic (exact) mass is 476 g/mol. The second-order valence-corrected chi connectivity index (χ2v) is 7.31. The molecule has 3 aromatic rings. The summed E-state index contributed by atoms with van der Waals surface area (Å²) in [6.45, 7) is 8.01. The van der Waals surface area contributed by atoms with Crippen molar-refractivity contribution in [3.05, 3.63) is 46.5 Å². The smallest absolute Gasteiger partial charge is 0.280 e. The van der Waals surface area contributed by atoms with Crippen LogP contribution >= 0.6 is 12.4 Å². The van der Waals surface area contributed by atoms with Crippen LogP contribution < -0.4 is 21.9 Å². The number of carbonyl (C=O) groups is 2. The number of nitrogen functional groups attached to an aromatic ring is 1. The first kappa shape index (κ1) is 25.8. The molecule has 0 spiro atoms. The maximum Gasteiger partial charge on any atom is 0.280 e. The van der Waals surface area contributed by atoms with Gasteiger partial charge in [-0.3, -0.25) is 24.3 Å². The number of amides is 2. The fourth-order valence-corrected chi connectivity index (χ4v) is 3.42. The Kier molecular flexibility index (Phi) is 8.94. The zero-order valence-electron chi connectivity index (χ0n) is 18.8. The number of rotatable bonds is 9. The van der Waals surface area contributed by atoms with Gasteiger partial charge in [-0.1, -0.05) is 13.8 Å². The van der Waals surface area contributed by atoms with E-state index in [2.05, 4.69) is 30.5 Å². The molecule has 0 saturated heterocycles. The topological polar surface area (TPSA) is 151 Å². The van der Waals surface area contributed by atoms with Crippen molar-refractivity contribution in [1.82, 2.24) is 29.7 Å². The number of nitrogens with one attached hydrogen (secondary N) is 3. The van der Waals surface area contributed by atoms with E-state index >= 15 is 0 Å². The van der Waals surface area contributed by atoms with Crippen molar-refractivity contribution in [1.29, 1.82) is 0 Å². The molecule has 1 aromatic carbocycles. The summed E-state index contributed by atoms with van der Waals surface area (Å²) in [6, 6.07) is 6.71. The Bertz CT molecular complexity index is 1150. The van der Waals surface area contributed by atoms with Crippen LogP contribution in [0.25, 0.3) is 11.2 Å². The van der Waals surface area contributed by atoms with E-state index < -0.39 is 5.56 Å². The predicted molar refractivity (Wildman–Crippen MR) is 129 cm³/mol. The van der Waals surface area contributed by atoms with Gasteiger partial charge in [-0.25, -0.2) is 4.98 Å². The summed E-state index contributed by atoms with van der Waals surface area (Å²) in [7, 11) is 0. The molecule has 11 nitrogen and oxygen atoms in total. The van der Waals surface area contributed by atoms with Crippen LogP contribution in [-0.4, -0.2) is 55.5 Å². The Balaban J connectivity index is 0.00000385. The van der Waals surface area contributed by atoms with E-state index in [1.165, 1.54) is 6.33 Å². The van der Waals surface area contributed by atoms with E-state index in [4.69, 9.17) is 5.73 Å². The number of benzene rings is 1. The van der Waals surface area contributed by atoms with Gasteiger partial charge in [-0.05, 0) is 44.3 Å². The number of halogens is 1. The number of aromatic amines is 1. The van der Waals surface area contributed by atoms with Crippen LogP contribution in [0.4, 0.5) is 11.6 Å². The fourth-order valence-electron chi connectivity index (χ4n) is 3.42. The Morgan fingerprint density at radius 3 is 2.52 bits per heavy atom. The first-order valence-corrected chi connectivity index (χ1v) is 10.5. The standard InChI is InChI=1S/C21H28N8O3.ClH/c1-4-28(5-2)13(3)24-19(31)14-6-8-15(9-7-14)25-16(30)10-11-29-12-23-17-18(29)26-21(22)27-20(17)32;/h6-9,12-13H,4-5,10-11H2,1-3H3,(H,24,31)(H,25,30)(H3,22,26,27,32);1H. The van der Waals surface area contributed by atoms with Crippen molar-refractivity contribution in [2.24, 2.45) is 0 Å². The van der Waals surface area contributed by atoms with E-state index in [9.17, 15) is 14.4 Å². The summed E-state index contributed by atoms with van der Waals surface area (Å²) < 4.78 is 1.60. The molecule has 1 unspecified atom stereocenters. The number of nitrogens with zero attached hydrogens (tertiary/aromatic N) is 4. The maximum absolute atomic E-state index is 12.4. The fraction of sp³-hybridized carbons (Fsp3) is 0.381. The second kappa shape index (κ2) is 11.4. The van der Waals surface area contributed by atoms with Crippen LogP contribution in [0.2, 0.25) is 0 Å². The Morgan fingerprint density at radius 1 is 1.21 bits per heavy atom. The number of imidazole rings is 1. The molecule has 0 aliphatic rings. The van der Waals surface area contributed by atoms with Crippen LogP contribution in [0.15, 0.2) is 35.4 Å². The molecule has 0 saturated carbocycles. The summed E-state index contributed by atoms with van der Waals surface area (Å²) in [5, 5.41) is 5.76. The third-order valence-electron chi connectivity index (χ3n) is 5.20. The first-order chi connectivity index (χ1) is 15.3. The SMILES string of the molecule is CCN(CC)C(C)NC(=O)c1ccc(NC(=O)CCn2cnc3c(=O)[nH]c(N)nc32)cc1.Cl. The number of carbonyl (C=O) groups excluding carboxylic acids is 2. The lowest BCUT2D eigenvalue weighted by Crippen LogP contribution is -2.46. The van der Waals surface area contributed by atoms with Crippen molar-refractivity contribution in [3.63, 3.8) is 0 Å². The van der Waals surface area contributed by atoms with Gasteiger partial charge >= 0.3 is 0 Å². The normalized spacial score (nSPS) is 11.8. The number of aryl methyl sites for hydroxylation is 1. The lowest BCUT2D eigenvalue weighted by atomic mass is 10.2. The highest BCUT2D eigenvalue weighted by Gasteiger charge is 2.15. The summed E-state index contributed by atoms with van der Waals surface area (Å²) in [6.07, 6.45) is 1.52. The molecule has 2 amide bonds. The molecule has 2 aromatic heterocycles. The highest BCUT2D eigenvalue weighted by atomic mass is 35.5. The number of fused-ring (bicyclic) bond motifs is 1. The number of anilines is 2. The first-order valence-electron chi connectivity index (χ1n) is 10.5. The summed E-state index contributed by atoms with van der Waals surface area (Å²) in [5.74, 6) is -0.405. The van der Waals surface area contributed by atoms with Gasteiger partial charge in [-0.15, -0.1) is 12.4 Å². The van der Waals surface area contributed by atoms with Crippen molar-refractivity contribution < 1.29 is 9.59 Å². The minimum absolute atomic E-state index is 0. The van der Waals surface area contributed by atoms with Gasteiger partial charge < -0.3 is 20.9 Å². The van der Waals surface area contributed by atoms with Gasteiger partial charge in [0.25, 0.3) is 11.5 Å². The molecule has 0 radical (unpaired) electrons. The van der Waals surface area contributed by atoms with E-state index in [1.807, 2.05) is 20.8 Å². The molecule has 0 aliphatic heterocycles.